The van der Waals surface area contributed by atoms with Crippen LogP contribution < -0.4 is 5.32 Å². The maximum absolute atomic E-state index is 11.3. The van der Waals surface area contributed by atoms with Gasteiger partial charge in [-0.2, -0.15) is 0 Å². The minimum absolute atomic E-state index is 0.0693. The third-order valence-corrected chi connectivity index (χ3v) is 4.99. The number of fused-ring (bicyclic) bond motifs is 1. The van der Waals surface area contributed by atoms with E-state index in [9.17, 15) is 8.42 Å². The van der Waals surface area contributed by atoms with Crippen LogP contribution in [0.3, 0.4) is 0 Å². The molecule has 0 bridgehead atoms. The summed E-state index contributed by atoms with van der Waals surface area (Å²) in [7, 11) is -2.81. The number of nitrogens with one attached hydrogen (secondary N) is 1. The summed E-state index contributed by atoms with van der Waals surface area (Å²) in [4.78, 5) is 4.46. The van der Waals surface area contributed by atoms with E-state index in [2.05, 4.69) is 10.3 Å². The molecule has 1 aliphatic rings. The van der Waals surface area contributed by atoms with Gasteiger partial charge in [0, 0.05) is 25.0 Å². The first-order chi connectivity index (χ1) is 8.62. The molecule has 2 aromatic heterocycles. The molecule has 1 saturated heterocycles. The van der Waals surface area contributed by atoms with Crippen LogP contribution in [0, 0.1) is 0 Å². The zero-order chi connectivity index (χ0) is 12.6. The van der Waals surface area contributed by atoms with Gasteiger partial charge in [0.1, 0.15) is 5.65 Å². The van der Waals surface area contributed by atoms with Crippen LogP contribution in [-0.4, -0.2) is 35.4 Å². The van der Waals surface area contributed by atoms with Gasteiger partial charge in [0.15, 0.2) is 9.84 Å². The highest BCUT2D eigenvalue weighted by Gasteiger charge is 2.27. The summed E-state index contributed by atoms with van der Waals surface area (Å²) < 4.78 is 24.6. The van der Waals surface area contributed by atoms with Crippen molar-refractivity contribution in [1.82, 2.24) is 14.7 Å². The molecule has 0 amide bonds. The Kier molecular flexibility index (Phi) is 2.83. The first-order valence-electron chi connectivity index (χ1n) is 5.99. The van der Waals surface area contributed by atoms with Crippen LogP contribution in [0.25, 0.3) is 5.65 Å². The molecule has 0 aliphatic carbocycles. The summed E-state index contributed by atoms with van der Waals surface area (Å²) in [5.74, 6) is 0.552. The number of nitrogens with zero attached hydrogens (tertiary/aromatic N) is 2. The molecule has 0 aromatic carbocycles. The minimum atomic E-state index is -2.81. The average Bonchev–Trinajstić information content (AvgIpc) is 2.89. The monoisotopic (exact) mass is 265 g/mol. The molecule has 2 aromatic rings. The van der Waals surface area contributed by atoms with Crippen LogP contribution in [0.1, 0.15) is 12.1 Å². The fourth-order valence-electron chi connectivity index (χ4n) is 2.28. The molecule has 1 atom stereocenters. The second-order valence-corrected chi connectivity index (χ2v) is 6.91. The van der Waals surface area contributed by atoms with Gasteiger partial charge in [-0.3, -0.25) is 0 Å². The summed E-state index contributed by atoms with van der Waals surface area (Å²) in [6, 6.07) is 5.92. The topological polar surface area (TPSA) is 63.5 Å². The molecule has 0 radical (unpaired) electrons. The van der Waals surface area contributed by atoms with E-state index in [0.29, 0.717) is 18.7 Å². The van der Waals surface area contributed by atoms with Crippen LogP contribution in [0.2, 0.25) is 0 Å². The van der Waals surface area contributed by atoms with Gasteiger partial charge in [-0.25, -0.2) is 13.4 Å². The molecule has 0 saturated carbocycles. The van der Waals surface area contributed by atoms with E-state index in [0.717, 1.165) is 11.3 Å². The van der Waals surface area contributed by atoms with Crippen LogP contribution in [-0.2, 0) is 16.4 Å². The Labute approximate surface area is 106 Å². The predicted octanol–water partition coefficient (Wildman–Crippen LogP) is 0.611. The van der Waals surface area contributed by atoms with Crippen molar-refractivity contribution in [3.63, 3.8) is 0 Å². The van der Waals surface area contributed by atoms with Gasteiger partial charge in [-0.1, -0.05) is 6.07 Å². The summed E-state index contributed by atoms with van der Waals surface area (Å²) in [6.45, 7) is 0.613. The molecule has 1 aliphatic heterocycles. The lowest BCUT2D eigenvalue weighted by Gasteiger charge is -2.08. The van der Waals surface area contributed by atoms with Gasteiger partial charge < -0.3 is 9.72 Å². The first-order valence-corrected chi connectivity index (χ1v) is 7.81. The summed E-state index contributed by atoms with van der Waals surface area (Å²) in [5.41, 5.74) is 1.85. The minimum Gasteiger partial charge on any atom is -0.307 e. The normalized spacial score (nSPS) is 22.6. The van der Waals surface area contributed by atoms with Gasteiger partial charge in [0.25, 0.3) is 0 Å². The molecular formula is C12H15N3O2S. The Hall–Kier alpha value is -1.40. The summed E-state index contributed by atoms with van der Waals surface area (Å²) >= 11 is 0. The number of sulfone groups is 1. The van der Waals surface area contributed by atoms with E-state index in [4.69, 9.17) is 0 Å². The van der Waals surface area contributed by atoms with Crippen molar-refractivity contribution in [3.05, 3.63) is 36.3 Å². The van der Waals surface area contributed by atoms with Crippen molar-refractivity contribution < 1.29 is 8.42 Å². The van der Waals surface area contributed by atoms with E-state index >= 15 is 0 Å². The number of hydrogen-bond acceptors (Lipinski definition) is 4. The van der Waals surface area contributed by atoms with Gasteiger partial charge in [-0.15, -0.1) is 0 Å². The number of aromatic nitrogens is 2. The second kappa shape index (κ2) is 4.37. The van der Waals surface area contributed by atoms with Gasteiger partial charge in [0.2, 0.25) is 0 Å². The smallest absolute Gasteiger partial charge is 0.151 e. The van der Waals surface area contributed by atoms with Crippen molar-refractivity contribution >= 4 is 15.5 Å². The molecule has 5 nitrogen and oxygen atoms in total. The van der Waals surface area contributed by atoms with E-state index in [1.54, 1.807) is 0 Å². The Morgan fingerprint density at radius 1 is 1.44 bits per heavy atom. The maximum atomic E-state index is 11.3. The van der Waals surface area contributed by atoms with E-state index in [1.807, 2.05) is 35.0 Å². The fourth-order valence-corrected chi connectivity index (χ4v) is 3.99. The highest BCUT2D eigenvalue weighted by molar-refractivity contribution is 7.91. The van der Waals surface area contributed by atoms with Gasteiger partial charge in [0.05, 0.1) is 17.2 Å². The number of imidazole rings is 1. The standard InChI is InChI=1S/C12H15N3O2S/c16-18(17)6-4-10(9-18)13-7-11-8-15-5-2-1-3-12(15)14-11/h1-3,5,8,10,13H,4,6-7,9H2. The quantitative estimate of drug-likeness (QED) is 0.883. The lowest BCUT2D eigenvalue weighted by molar-refractivity contribution is 0.550. The lowest BCUT2D eigenvalue weighted by Crippen LogP contribution is -2.29. The molecule has 96 valence electrons. The van der Waals surface area contributed by atoms with Crippen LogP contribution in [0.5, 0.6) is 0 Å². The van der Waals surface area contributed by atoms with Gasteiger partial charge in [-0.05, 0) is 18.6 Å². The number of rotatable bonds is 3. The number of pyridine rings is 1. The highest BCUT2D eigenvalue weighted by Crippen LogP contribution is 2.12. The maximum Gasteiger partial charge on any atom is 0.151 e. The summed E-state index contributed by atoms with van der Waals surface area (Å²) in [6.07, 6.45) is 4.62. The van der Waals surface area contributed by atoms with E-state index in [1.165, 1.54) is 0 Å². The molecule has 6 heteroatoms. The number of hydrogen-bond donors (Lipinski definition) is 1. The molecular weight excluding hydrogens is 250 g/mol. The Morgan fingerprint density at radius 3 is 3.06 bits per heavy atom. The summed E-state index contributed by atoms with van der Waals surface area (Å²) in [5, 5.41) is 3.26. The van der Waals surface area contributed by atoms with Crippen molar-refractivity contribution in [1.29, 1.82) is 0 Å². The van der Waals surface area contributed by atoms with Crippen molar-refractivity contribution in [2.75, 3.05) is 11.5 Å². The van der Waals surface area contributed by atoms with Gasteiger partial charge >= 0.3 is 0 Å². The average molecular weight is 265 g/mol. The third kappa shape index (κ3) is 2.39. The van der Waals surface area contributed by atoms with E-state index in [-0.39, 0.29) is 11.8 Å². The molecule has 18 heavy (non-hydrogen) atoms. The van der Waals surface area contributed by atoms with Crippen LogP contribution in [0.15, 0.2) is 30.6 Å². The highest BCUT2D eigenvalue weighted by atomic mass is 32.2. The van der Waals surface area contributed by atoms with Crippen LogP contribution in [0.4, 0.5) is 0 Å². The molecule has 3 heterocycles. The van der Waals surface area contributed by atoms with E-state index < -0.39 is 9.84 Å². The molecule has 1 N–H and O–H groups in total. The fraction of sp³-hybridized carbons (Fsp3) is 0.417. The molecule has 1 fully saturated rings. The Balaban J connectivity index is 1.67. The second-order valence-electron chi connectivity index (χ2n) is 4.68. The lowest BCUT2D eigenvalue weighted by atomic mass is 10.2. The van der Waals surface area contributed by atoms with Crippen molar-refractivity contribution in [3.8, 4) is 0 Å². The Morgan fingerprint density at radius 2 is 2.33 bits per heavy atom. The zero-order valence-corrected chi connectivity index (χ0v) is 10.7. The Bertz CT molecular complexity index is 630. The molecule has 0 spiro atoms. The molecule has 1 unspecified atom stereocenters. The van der Waals surface area contributed by atoms with Crippen molar-refractivity contribution in [2.45, 2.75) is 19.0 Å². The van der Waals surface area contributed by atoms with Crippen LogP contribution >= 0.6 is 0 Å². The zero-order valence-electron chi connectivity index (χ0n) is 9.91. The predicted molar refractivity (Wildman–Crippen MR) is 69.1 cm³/mol. The molecule has 3 rings (SSSR count). The van der Waals surface area contributed by atoms with Crippen molar-refractivity contribution in [2.24, 2.45) is 0 Å². The SMILES string of the molecule is O=S1(=O)CCC(NCc2cn3ccccc3n2)C1. The third-order valence-electron chi connectivity index (χ3n) is 3.22. The largest absolute Gasteiger partial charge is 0.307 e. The first kappa shape index (κ1) is 11.7.